The molecule has 1 aromatic rings. The van der Waals surface area contributed by atoms with Gasteiger partial charge in [-0.25, -0.2) is 0 Å². The molecule has 4 nitrogen and oxygen atoms in total. The predicted octanol–water partition coefficient (Wildman–Crippen LogP) is 2.33. The van der Waals surface area contributed by atoms with Crippen molar-refractivity contribution in [2.45, 2.75) is 38.5 Å². The molecule has 0 spiro atoms. The van der Waals surface area contributed by atoms with E-state index in [1.807, 2.05) is 18.2 Å². The molecule has 0 saturated heterocycles. The van der Waals surface area contributed by atoms with Gasteiger partial charge >= 0.3 is 0 Å². The Hall–Kier alpha value is -1.55. The van der Waals surface area contributed by atoms with Gasteiger partial charge in [-0.05, 0) is 37.0 Å². The maximum absolute atomic E-state index is 12.3. The Morgan fingerprint density at radius 2 is 2.10 bits per heavy atom. The van der Waals surface area contributed by atoms with Crippen LogP contribution in [0.3, 0.4) is 0 Å². The lowest BCUT2D eigenvalue weighted by Crippen LogP contribution is -2.41. The lowest BCUT2D eigenvalue weighted by Gasteiger charge is -2.35. The molecule has 21 heavy (non-hydrogen) atoms. The van der Waals surface area contributed by atoms with Gasteiger partial charge in [0.2, 0.25) is 0 Å². The number of carbonyl (C=O) groups excluding carboxylic acids is 1. The highest BCUT2D eigenvalue weighted by Crippen LogP contribution is 2.35. The average Bonchev–Trinajstić information content (AvgIpc) is 3.01. The third-order valence-electron chi connectivity index (χ3n) is 4.96. The van der Waals surface area contributed by atoms with Crippen LogP contribution >= 0.6 is 0 Å². The summed E-state index contributed by atoms with van der Waals surface area (Å²) in [6, 6.07) is 5.87. The summed E-state index contributed by atoms with van der Waals surface area (Å²) in [5, 5.41) is 16.0. The Bertz CT molecular complexity index is 522. The zero-order valence-electron chi connectivity index (χ0n) is 12.5. The van der Waals surface area contributed by atoms with Crippen molar-refractivity contribution in [3.8, 4) is 0 Å². The summed E-state index contributed by atoms with van der Waals surface area (Å²) in [5.74, 6) is -0.0371. The van der Waals surface area contributed by atoms with Gasteiger partial charge in [-0.2, -0.15) is 0 Å². The molecule has 4 heteroatoms. The van der Waals surface area contributed by atoms with Crippen molar-refractivity contribution >= 4 is 11.6 Å². The normalized spacial score (nSPS) is 19.7. The molecule has 1 saturated carbocycles. The van der Waals surface area contributed by atoms with Gasteiger partial charge in [0.05, 0.1) is 6.61 Å². The van der Waals surface area contributed by atoms with E-state index < -0.39 is 0 Å². The molecule has 3 N–H and O–H groups in total. The van der Waals surface area contributed by atoms with Gasteiger partial charge in [-0.15, -0.1) is 0 Å². The summed E-state index contributed by atoms with van der Waals surface area (Å²) in [4.78, 5) is 12.3. The predicted molar refractivity (Wildman–Crippen MR) is 83.6 cm³/mol. The third-order valence-corrected chi connectivity index (χ3v) is 4.96. The number of rotatable bonds is 4. The fraction of sp³-hybridized carbons (Fsp3) is 0.588. The monoisotopic (exact) mass is 288 g/mol. The fourth-order valence-corrected chi connectivity index (χ4v) is 3.49. The van der Waals surface area contributed by atoms with Crippen molar-refractivity contribution in [1.82, 2.24) is 5.32 Å². The largest absolute Gasteiger partial charge is 0.396 e. The quantitative estimate of drug-likeness (QED) is 0.797. The molecule has 1 aliphatic carbocycles. The Morgan fingerprint density at radius 1 is 1.29 bits per heavy atom. The topological polar surface area (TPSA) is 61.4 Å². The second kappa shape index (κ2) is 6.06. The van der Waals surface area contributed by atoms with Gasteiger partial charge in [0.25, 0.3) is 5.91 Å². The van der Waals surface area contributed by atoms with Crippen LogP contribution in [0.4, 0.5) is 5.69 Å². The van der Waals surface area contributed by atoms with E-state index in [1.165, 1.54) is 12.0 Å². The molecule has 0 bridgehead atoms. The Kier molecular flexibility index (Phi) is 4.15. The summed E-state index contributed by atoms with van der Waals surface area (Å²) in [6.07, 6.45) is 6.60. The van der Waals surface area contributed by atoms with Crippen molar-refractivity contribution in [2.75, 3.05) is 25.0 Å². The maximum atomic E-state index is 12.3. The van der Waals surface area contributed by atoms with Crippen LogP contribution in [0.1, 0.15) is 48.0 Å². The first-order valence-electron chi connectivity index (χ1n) is 7.98. The number of hydrogen-bond donors (Lipinski definition) is 3. The van der Waals surface area contributed by atoms with Crippen LogP contribution in [-0.4, -0.2) is 30.7 Å². The SMILES string of the molecule is O=C(NCC1(CO)CCCCC1)c1ccc2c(c1)NCC2. The highest BCUT2D eigenvalue weighted by Gasteiger charge is 2.31. The van der Waals surface area contributed by atoms with Crippen molar-refractivity contribution in [1.29, 1.82) is 0 Å². The number of benzene rings is 1. The first-order chi connectivity index (χ1) is 10.2. The minimum Gasteiger partial charge on any atom is -0.396 e. The minimum atomic E-state index is -0.108. The molecule has 1 aliphatic heterocycles. The molecule has 0 unspecified atom stereocenters. The third kappa shape index (κ3) is 3.05. The van der Waals surface area contributed by atoms with Crippen LogP contribution < -0.4 is 10.6 Å². The summed E-state index contributed by atoms with van der Waals surface area (Å²) in [7, 11) is 0. The summed E-state index contributed by atoms with van der Waals surface area (Å²) in [5.41, 5.74) is 2.96. The van der Waals surface area contributed by atoms with Crippen LogP contribution in [0.2, 0.25) is 0 Å². The second-order valence-electron chi connectivity index (χ2n) is 6.45. The smallest absolute Gasteiger partial charge is 0.251 e. The zero-order valence-corrected chi connectivity index (χ0v) is 12.5. The zero-order chi connectivity index (χ0) is 14.7. The fourth-order valence-electron chi connectivity index (χ4n) is 3.49. The number of amides is 1. The van der Waals surface area contributed by atoms with Crippen LogP contribution in [0, 0.1) is 5.41 Å². The van der Waals surface area contributed by atoms with E-state index in [2.05, 4.69) is 10.6 Å². The molecule has 1 heterocycles. The number of aliphatic hydroxyl groups excluding tert-OH is 1. The molecule has 1 amide bonds. The maximum Gasteiger partial charge on any atom is 0.251 e. The van der Waals surface area contributed by atoms with Crippen LogP contribution in [0.25, 0.3) is 0 Å². The molecule has 114 valence electrons. The van der Waals surface area contributed by atoms with E-state index in [-0.39, 0.29) is 17.9 Å². The lowest BCUT2D eigenvalue weighted by molar-refractivity contribution is 0.0718. The van der Waals surface area contributed by atoms with Gasteiger partial charge < -0.3 is 15.7 Å². The summed E-state index contributed by atoms with van der Waals surface area (Å²) >= 11 is 0. The Balaban J connectivity index is 1.63. The van der Waals surface area contributed by atoms with Crippen molar-refractivity contribution in [2.24, 2.45) is 5.41 Å². The highest BCUT2D eigenvalue weighted by atomic mass is 16.3. The van der Waals surface area contributed by atoms with E-state index >= 15 is 0 Å². The molecule has 0 atom stereocenters. The van der Waals surface area contributed by atoms with Gasteiger partial charge in [0.15, 0.2) is 0 Å². The number of nitrogens with one attached hydrogen (secondary N) is 2. The van der Waals surface area contributed by atoms with E-state index in [1.54, 1.807) is 0 Å². The standard InChI is InChI=1S/C17H24N2O2/c20-12-17(7-2-1-3-8-17)11-19-16(21)14-5-4-13-6-9-18-15(13)10-14/h4-5,10,18,20H,1-3,6-9,11-12H2,(H,19,21). The molecule has 0 radical (unpaired) electrons. The molecule has 0 aromatic heterocycles. The Labute approximate surface area is 125 Å². The number of aliphatic hydroxyl groups is 1. The van der Waals surface area contributed by atoms with Crippen LogP contribution in [0.15, 0.2) is 18.2 Å². The minimum absolute atomic E-state index is 0.0371. The van der Waals surface area contributed by atoms with E-state index in [9.17, 15) is 9.90 Å². The van der Waals surface area contributed by atoms with E-state index in [0.29, 0.717) is 12.1 Å². The molecule has 2 aliphatic rings. The highest BCUT2D eigenvalue weighted by molar-refractivity contribution is 5.95. The van der Waals surface area contributed by atoms with Gasteiger partial charge in [-0.1, -0.05) is 25.3 Å². The number of carbonyl (C=O) groups is 1. The van der Waals surface area contributed by atoms with Crippen LogP contribution in [-0.2, 0) is 6.42 Å². The first kappa shape index (κ1) is 14.4. The van der Waals surface area contributed by atoms with Crippen molar-refractivity contribution in [3.63, 3.8) is 0 Å². The molecule has 3 rings (SSSR count). The van der Waals surface area contributed by atoms with E-state index in [0.717, 1.165) is 44.3 Å². The summed E-state index contributed by atoms with van der Waals surface area (Å²) in [6.45, 7) is 1.69. The number of anilines is 1. The molecular formula is C17H24N2O2. The lowest BCUT2D eigenvalue weighted by atomic mass is 9.74. The van der Waals surface area contributed by atoms with Crippen LogP contribution in [0.5, 0.6) is 0 Å². The van der Waals surface area contributed by atoms with Crippen molar-refractivity contribution in [3.05, 3.63) is 29.3 Å². The van der Waals surface area contributed by atoms with Crippen molar-refractivity contribution < 1.29 is 9.90 Å². The molecule has 1 fully saturated rings. The van der Waals surface area contributed by atoms with Gasteiger partial charge in [-0.3, -0.25) is 4.79 Å². The molecular weight excluding hydrogens is 264 g/mol. The Morgan fingerprint density at radius 3 is 2.86 bits per heavy atom. The second-order valence-corrected chi connectivity index (χ2v) is 6.45. The summed E-state index contributed by atoms with van der Waals surface area (Å²) < 4.78 is 0. The van der Waals surface area contributed by atoms with Gasteiger partial charge in [0.1, 0.15) is 0 Å². The first-order valence-corrected chi connectivity index (χ1v) is 7.98. The van der Waals surface area contributed by atoms with E-state index in [4.69, 9.17) is 0 Å². The average molecular weight is 288 g/mol. The molecule has 1 aromatic carbocycles. The number of fused-ring (bicyclic) bond motifs is 1. The number of hydrogen-bond acceptors (Lipinski definition) is 3. The van der Waals surface area contributed by atoms with Gasteiger partial charge in [0, 0.05) is 29.8 Å².